The van der Waals surface area contributed by atoms with E-state index in [0.29, 0.717) is 0 Å². The Hall–Kier alpha value is -0.930. The van der Waals surface area contributed by atoms with Crippen LogP contribution < -0.4 is 0 Å². The molecule has 0 aliphatic carbocycles. The van der Waals surface area contributed by atoms with Crippen molar-refractivity contribution in [2.75, 3.05) is 6.61 Å². The largest absolute Gasteiger partial charge is 0.394 e. The van der Waals surface area contributed by atoms with Crippen LogP contribution in [0.1, 0.15) is 0 Å². The molecular formula is C6H11N3O6. The van der Waals surface area contributed by atoms with Crippen molar-refractivity contribution in [3.63, 3.8) is 0 Å². The molecule has 15 heavy (non-hydrogen) atoms. The Bertz CT molecular complexity index is 280. The lowest BCUT2D eigenvalue weighted by Crippen LogP contribution is -2.64. The van der Waals surface area contributed by atoms with Crippen LogP contribution in [0.2, 0.25) is 0 Å². The van der Waals surface area contributed by atoms with Crippen LogP contribution in [0.5, 0.6) is 0 Å². The zero-order valence-electron chi connectivity index (χ0n) is 7.50. The summed E-state index contributed by atoms with van der Waals surface area (Å²) in [6.07, 6.45) is -6.71. The van der Waals surface area contributed by atoms with Crippen LogP contribution in [-0.4, -0.2) is 62.5 Å². The SMILES string of the molecule is [N-]=[N+]=N[C@@]1(O)O[C@H](CO)[C@@H](O)[C@H](O)[C@H]1O. The summed E-state index contributed by atoms with van der Waals surface area (Å²) >= 11 is 0. The van der Waals surface area contributed by atoms with Crippen molar-refractivity contribution in [2.45, 2.75) is 30.3 Å². The number of aliphatic hydroxyl groups excluding tert-OH is 4. The predicted octanol–water partition coefficient (Wildman–Crippen LogP) is -2.58. The minimum absolute atomic E-state index is 0.714. The Balaban J connectivity index is 2.97. The third-order valence-electron chi connectivity index (χ3n) is 2.13. The maximum absolute atomic E-state index is 9.45. The van der Waals surface area contributed by atoms with Gasteiger partial charge in [-0.15, -0.1) is 0 Å². The summed E-state index contributed by atoms with van der Waals surface area (Å²) < 4.78 is 4.58. The molecule has 5 atom stereocenters. The molecule has 0 aromatic carbocycles. The predicted molar refractivity (Wildman–Crippen MR) is 44.1 cm³/mol. The summed E-state index contributed by atoms with van der Waals surface area (Å²) in [5.74, 6) is -2.69. The fourth-order valence-corrected chi connectivity index (χ4v) is 1.28. The summed E-state index contributed by atoms with van der Waals surface area (Å²) in [6.45, 7) is -0.714. The fourth-order valence-electron chi connectivity index (χ4n) is 1.28. The molecule has 9 heteroatoms. The van der Waals surface area contributed by atoms with Crippen molar-refractivity contribution in [3.05, 3.63) is 10.4 Å². The van der Waals surface area contributed by atoms with E-state index in [-0.39, 0.29) is 0 Å². The van der Waals surface area contributed by atoms with Crippen LogP contribution >= 0.6 is 0 Å². The van der Waals surface area contributed by atoms with E-state index in [1.54, 1.807) is 0 Å². The van der Waals surface area contributed by atoms with Gasteiger partial charge in [-0.25, -0.2) is 0 Å². The van der Waals surface area contributed by atoms with E-state index in [1.165, 1.54) is 0 Å². The number of rotatable bonds is 2. The molecule has 0 bridgehead atoms. The highest BCUT2D eigenvalue weighted by atomic mass is 16.7. The molecule has 1 aliphatic heterocycles. The van der Waals surface area contributed by atoms with Crippen LogP contribution in [0.15, 0.2) is 5.11 Å². The molecule has 1 heterocycles. The van der Waals surface area contributed by atoms with E-state index in [0.717, 1.165) is 0 Å². The first-order chi connectivity index (χ1) is 6.96. The Morgan fingerprint density at radius 3 is 2.40 bits per heavy atom. The maximum Gasteiger partial charge on any atom is 0.276 e. The van der Waals surface area contributed by atoms with Crippen LogP contribution in [0.25, 0.3) is 10.4 Å². The standard InChI is InChI=1S/C6H11N3O6/c7-9-8-6(14)5(13)4(12)3(11)2(1-10)15-6/h2-5,10-14H,1H2/t2-,3-,4+,5-,6+/m1/s1. The summed E-state index contributed by atoms with van der Waals surface area (Å²) in [5.41, 5.74) is 8.11. The molecule has 86 valence electrons. The van der Waals surface area contributed by atoms with Gasteiger partial charge in [0.05, 0.1) is 6.61 Å². The van der Waals surface area contributed by atoms with Gasteiger partial charge in [0.1, 0.15) is 24.4 Å². The van der Waals surface area contributed by atoms with Crippen molar-refractivity contribution in [3.8, 4) is 0 Å². The molecule has 1 fully saturated rings. The van der Waals surface area contributed by atoms with Gasteiger partial charge < -0.3 is 30.3 Å². The molecule has 0 aromatic rings. The van der Waals surface area contributed by atoms with E-state index < -0.39 is 36.9 Å². The molecule has 5 N–H and O–H groups in total. The second kappa shape index (κ2) is 4.29. The molecule has 0 unspecified atom stereocenters. The number of hydrogen-bond donors (Lipinski definition) is 5. The first kappa shape index (κ1) is 12.1. The molecule has 1 aliphatic rings. The van der Waals surface area contributed by atoms with Gasteiger partial charge in [-0.05, 0) is 10.6 Å². The van der Waals surface area contributed by atoms with E-state index >= 15 is 0 Å². The smallest absolute Gasteiger partial charge is 0.276 e. The number of aliphatic hydroxyl groups is 5. The van der Waals surface area contributed by atoms with Crippen molar-refractivity contribution in [2.24, 2.45) is 5.11 Å². The van der Waals surface area contributed by atoms with Gasteiger partial charge in [0.2, 0.25) is 0 Å². The fraction of sp³-hybridized carbons (Fsp3) is 1.00. The zero-order valence-corrected chi connectivity index (χ0v) is 7.50. The minimum atomic E-state index is -2.69. The Morgan fingerprint density at radius 2 is 1.93 bits per heavy atom. The van der Waals surface area contributed by atoms with Crippen LogP contribution in [-0.2, 0) is 4.74 Å². The van der Waals surface area contributed by atoms with E-state index in [9.17, 15) is 20.4 Å². The van der Waals surface area contributed by atoms with E-state index in [1.807, 2.05) is 0 Å². The average molecular weight is 221 g/mol. The first-order valence-electron chi connectivity index (χ1n) is 4.07. The summed E-state index contributed by atoms with van der Waals surface area (Å²) in [6, 6.07) is 0. The van der Waals surface area contributed by atoms with Crippen molar-refractivity contribution < 1.29 is 30.3 Å². The Labute approximate surface area is 83.8 Å². The number of nitrogens with zero attached hydrogens (tertiary/aromatic N) is 3. The second-order valence-corrected chi connectivity index (χ2v) is 3.11. The molecule has 0 amide bonds. The van der Waals surface area contributed by atoms with Crippen molar-refractivity contribution in [1.82, 2.24) is 0 Å². The molecule has 0 aromatic heterocycles. The van der Waals surface area contributed by atoms with E-state index in [2.05, 4.69) is 14.8 Å². The maximum atomic E-state index is 9.45. The lowest BCUT2D eigenvalue weighted by molar-refractivity contribution is -0.346. The summed E-state index contributed by atoms with van der Waals surface area (Å²) in [4.78, 5) is 2.23. The Morgan fingerprint density at radius 1 is 1.33 bits per heavy atom. The topological polar surface area (TPSA) is 159 Å². The van der Waals surface area contributed by atoms with Gasteiger partial charge >= 0.3 is 0 Å². The normalized spacial score (nSPS) is 45.9. The third-order valence-corrected chi connectivity index (χ3v) is 2.13. The van der Waals surface area contributed by atoms with Gasteiger partial charge in [0.15, 0.2) is 0 Å². The number of azide groups is 1. The average Bonchev–Trinajstić information content (AvgIpc) is 2.21. The van der Waals surface area contributed by atoms with Crippen molar-refractivity contribution >= 4 is 0 Å². The molecule has 1 saturated heterocycles. The second-order valence-electron chi connectivity index (χ2n) is 3.11. The van der Waals surface area contributed by atoms with Gasteiger partial charge in [-0.2, -0.15) is 0 Å². The molecule has 0 saturated carbocycles. The monoisotopic (exact) mass is 221 g/mol. The lowest BCUT2D eigenvalue weighted by atomic mass is 9.97. The van der Waals surface area contributed by atoms with Gasteiger partial charge in [0, 0.05) is 4.91 Å². The summed E-state index contributed by atoms with van der Waals surface area (Å²) in [5, 5.41) is 48.8. The third kappa shape index (κ3) is 2.03. The van der Waals surface area contributed by atoms with E-state index in [4.69, 9.17) is 10.6 Å². The molecule has 0 radical (unpaired) electrons. The Kier molecular flexibility index (Phi) is 3.47. The zero-order chi connectivity index (χ0) is 11.6. The highest BCUT2D eigenvalue weighted by Gasteiger charge is 2.52. The number of ether oxygens (including phenoxy) is 1. The highest BCUT2D eigenvalue weighted by Crippen LogP contribution is 2.29. The van der Waals surface area contributed by atoms with Crippen molar-refractivity contribution in [1.29, 1.82) is 0 Å². The molecule has 1 rings (SSSR count). The first-order valence-corrected chi connectivity index (χ1v) is 4.07. The minimum Gasteiger partial charge on any atom is -0.394 e. The lowest BCUT2D eigenvalue weighted by Gasteiger charge is -2.42. The highest BCUT2D eigenvalue weighted by molar-refractivity contribution is 4.94. The van der Waals surface area contributed by atoms with Gasteiger partial charge in [0.25, 0.3) is 5.91 Å². The molecular weight excluding hydrogens is 210 g/mol. The summed E-state index contributed by atoms with van der Waals surface area (Å²) in [7, 11) is 0. The molecule has 0 spiro atoms. The van der Waals surface area contributed by atoms with Crippen LogP contribution in [0.3, 0.4) is 0 Å². The van der Waals surface area contributed by atoms with Gasteiger partial charge in [-0.3, -0.25) is 0 Å². The van der Waals surface area contributed by atoms with Crippen LogP contribution in [0, 0.1) is 0 Å². The number of hydrogen-bond acceptors (Lipinski definition) is 7. The molecule has 9 nitrogen and oxygen atoms in total. The van der Waals surface area contributed by atoms with Crippen LogP contribution in [0.4, 0.5) is 0 Å². The van der Waals surface area contributed by atoms with Gasteiger partial charge in [-0.1, -0.05) is 0 Å². The quantitative estimate of drug-likeness (QED) is 0.195.